The van der Waals surface area contributed by atoms with Gasteiger partial charge in [-0.3, -0.25) is 0 Å². The minimum atomic E-state index is -0.591. The number of anilines is 1. The fourth-order valence-electron chi connectivity index (χ4n) is 4.50. The number of esters is 1. The lowest BCUT2D eigenvalue weighted by Gasteiger charge is -2.28. The van der Waals surface area contributed by atoms with E-state index in [2.05, 4.69) is 62.2 Å². The quantitative estimate of drug-likeness (QED) is 0.159. The van der Waals surface area contributed by atoms with Crippen molar-refractivity contribution < 1.29 is 14.3 Å². The lowest BCUT2D eigenvalue weighted by molar-refractivity contribution is -0.139. The molecule has 42 heavy (non-hydrogen) atoms. The highest BCUT2D eigenvalue weighted by atomic mass is 32.2. The number of tetrazole rings is 1. The summed E-state index contributed by atoms with van der Waals surface area (Å²) < 4.78 is 13.9. The van der Waals surface area contributed by atoms with Gasteiger partial charge in [0.2, 0.25) is 5.95 Å². The van der Waals surface area contributed by atoms with Crippen molar-refractivity contribution in [3.63, 3.8) is 0 Å². The van der Waals surface area contributed by atoms with Crippen LogP contribution < -0.4 is 10.1 Å². The van der Waals surface area contributed by atoms with Crippen LogP contribution in [0.4, 0.5) is 5.95 Å². The highest BCUT2D eigenvalue weighted by Crippen LogP contribution is 2.38. The third kappa shape index (κ3) is 6.04. The van der Waals surface area contributed by atoms with Crippen LogP contribution in [-0.4, -0.2) is 48.7 Å². The first-order valence-corrected chi connectivity index (χ1v) is 15.1. The third-order valence-electron chi connectivity index (χ3n) is 6.58. The smallest absolute Gasteiger partial charge is 0.338 e. The zero-order valence-electron chi connectivity index (χ0n) is 22.9. The Kier molecular flexibility index (Phi) is 8.24. The highest BCUT2D eigenvalue weighted by molar-refractivity contribution is 8.01. The molecule has 1 aliphatic heterocycles. The molecule has 2 aromatic heterocycles. The first-order valence-electron chi connectivity index (χ1n) is 13.3. The predicted octanol–water partition coefficient (Wildman–Crippen LogP) is 5.70. The number of nitrogens with zero attached hydrogens (tertiary/aromatic N) is 6. The molecule has 0 saturated carbocycles. The number of nitrogens with one attached hydrogen (secondary N) is 1. The van der Waals surface area contributed by atoms with Crippen molar-refractivity contribution in [2.45, 2.75) is 30.8 Å². The van der Waals surface area contributed by atoms with Gasteiger partial charge in [0.1, 0.15) is 23.4 Å². The summed E-state index contributed by atoms with van der Waals surface area (Å²) >= 11 is 2.98. The molecule has 5 aromatic rings. The number of carbonyl (C=O) groups is 1. The third-order valence-corrected chi connectivity index (χ3v) is 8.72. The van der Waals surface area contributed by atoms with Crippen molar-refractivity contribution in [3.05, 3.63) is 107 Å². The summed E-state index contributed by atoms with van der Waals surface area (Å²) in [6, 6.07) is 25.2. The Morgan fingerprint density at radius 1 is 1.00 bits per heavy atom. The fraction of sp³-hybridized carbons (Fsp3) is 0.200. The molecule has 1 N–H and O–H groups in total. The molecule has 10 nitrogen and oxygen atoms in total. The van der Waals surface area contributed by atoms with Crippen molar-refractivity contribution >= 4 is 35.0 Å². The number of benzene rings is 3. The number of aryl methyl sites for hydroxylation is 1. The van der Waals surface area contributed by atoms with E-state index in [1.165, 1.54) is 28.7 Å². The van der Waals surface area contributed by atoms with E-state index in [1.54, 1.807) is 11.6 Å². The zero-order valence-corrected chi connectivity index (χ0v) is 24.6. The van der Waals surface area contributed by atoms with E-state index < -0.39 is 12.0 Å². The van der Waals surface area contributed by atoms with Gasteiger partial charge in [-0.15, -0.1) is 10.2 Å². The van der Waals surface area contributed by atoms with E-state index in [0.29, 0.717) is 35.3 Å². The number of rotatable bonds is 10. The molecule has 12 heteroatoms. The topological polar surface area (TPSA) is 117 Å². The predicted molar refractivity (Wildman–Crippen MR) is 161 cm³/mol. The summed E-state index contributed by atoms with van der Waals surface area (Å²) in [6.45, 7) is 4.53. The number of hydrogen-bond acceptors (Lipinski definition) is 11. The molecule has 0 saturated heterocycles. The van der Waals surface area contributed by atoms with Crippen LogP contribution in [-0.2, 0) is 16.1 Å². The summed E-state index contributed by atoms with van der Waals surface area (Å²) in [5, 5.41) is 25.0. The minimum absolute atomic E-state index is 0.237. The molecule has 0 fully saturated rings. The molecule has 0 bridgehead atoms. The molecule has 0 aliphatic carbocycles. The van der Waals surface area contributed by atoms with Crippen LogP contribution in [0.25, 0.3) is 10.6 Å². The minimum Gasteiger partial charge on any atom is -0.489 e. The van der Waals surface area contributed by atoms with E-state index in [0.717, 1.165) is 26.0 Å². The lowest BCUT2D eigenvalue weighted by Crippen LogP contribution is -2.31. The Bertz CT molecular complexity index is 1700. The molecule has 0 radical (unpaired) electrons. The zero-order chi connectivity index (χ0) is 28.9. The number of ether oxygens (including phenoxy) is 2. The van der Waals surface area contributed by atoms with Crippen LogP contribution in [0.1, 0.15) is 29.7 Å². The van der Waals surface area contributed by atoms with E-state index in [9.17, 15) is 4.79 Å². The second-order valence-electron chi connectivity index (χ2n) is 9.46. The van der Waals surface area contributed by atoms with E-state index >= 15 is 0 Å². The van der Waals surface area contributed by atoms with Crippen molar-refractivity contribution in [1.29, 1.82) is 0 Å². The fourth-order valence-corrected chi connectivity index (χ4v) is 6.33. The first-order chi connectivity index (χ1) is 20.6. The average Bonchev–Trinajstić information content (AvgIpc) is 3.70. The highest BCUT2D eigenvalue weighted by Gasteiger charge is 2.36. The summed E-state index contributed by atoms with van der Waals surface area (Å²) in [5.74, 6) is 1.13. The Morgan fingerprint density at radius 3 is 2.55 bits per heavy atom. The maximum atomic E-state index is 13.4. The van der Waals surface area contributed by atoms with Gasteiger partial charge >= 0.3 is 5.97 Å². The van der Waals surface area contributed by atoms with Crippen LogP contribution in [0.15, 0.2) is 94.5 Å². The molecule has 0 spiro atoms. The van der Waals surface area contributed by atoms with Crippen LogP contribution in [0, 0.1) is 6.92 Å². The normalized spacial score (nSPS) is 14.3. The first kappa shape index (κ1) is 27.6. The summed E-state index contributed by atoms with van der Waals surface area (Å²) in [5.41, 5.74) is 5.21. The Morgan fingerprint density at radius 2 is 1.79 bits per heavy atom. The maximum absolute atomic E-state index is 13.4. The van der Waals surface area contributed by atoms with Crippen LogP contribution in [0.3, 0.4) is 0 Å². The molecule has 3 heterocycles. The maximum Gasteiger partial charge on any atom is 0.338 e. The standard InChI is InChI=1S/C30H27N7O3S2/c1-3-39-28(38)25-24(18-41-30-34-32-27(42-30)22-7-5-4-6-8-22)31-29-33-35-36-37(29)26(25)21-13-15-23(16-14-21)40-17-20-11-9-19(2)10-12-20/h4-16,26H,3,17-18H2,1-2H3,(H,31,33,36). The number of thioether (sulfide) groups is 1. The second-order valence-corrected chi connectivity index (χ2v) is 11.7. The van der Waals surface area contributed by atoms with Gasteiger partial charge in [0.25, 0.3) is 0 Å². The van der Waals surface area contributed by atoms with Gasteiger partial charge < -0.3 is 14.8 Å². The largest absolute Gasteiger partial charge is 0.489 e. The molecule has 1 unspecified atom stereocenters. The van der Waals surface area contributed by atoms with Gasteiger partial charge in [0.15, 0.2) is 4.34 Å². The van der Waals surface area contributed by atoms with Gasteiger partial charge in [0, 0.05) is 17.0 Å². The van der Waals surface area contributed by atoms with Crippen molar-refractivity contribution in [3.8, 4) is 16.3 Å². The molecular weight excluding hydrogens is 571 g/mol. The molecule has 1 aliphatic rings. The summed E-state index contributed by atoms with van der Waals surface area (Å²) in [6.07, 6.45) is 0. The Labute approximate surface area is 250 Å². The van der Waals surface area contributed by atoms with Crippen LogP contribution >= 0.6 is 23.1 Å². The lowest BCUT2D eigenvalue weighted by atomic mass is 9.95. The van der Waals surface area contributed by atoms with E-state index in [-0.39, 0.29) is 6.61 Å². The van der Waals surface area contributed by atoms with Crippen LogP contribution in [0.2, 0.25) is 0 Å². The van der Waals surface area contributed by atoms with Crippen molar-refractivity contribution in [2.75, 3.05) is 17.7 Å². The number of carbonyl (C=O) groups excluding carboxylic acids is 1. The molecule has 212 valence electrons. The van der Waals surface area contributed by atoms with E-state index in [1.807, 2.05) is 54.6 Å². The molecule has 1 atom stereocenters. The van der Waals surface area contributed by atoms with Gasteiger partial charge in [0.05, 0.1) is 12.2 Å². The van der Waals surface area contributed by atoms with Crippen LogP contribution in [0.5, 0.6) is 5.75 Å². The van der Waals surface area contributed by atoms with Gasteiger partial charge in [-0.25, -0.2) is 4.79 Å². The number of hydrogen-bond donors (Lipinski definition) is 1. The molecule has 3 aromatic carbocycles. The van der Waals surface area contributed by atoms with Gasteiger partial charge in [-0.1, -0.05) is 100 Å². The van der Waals surface area contributed by atoms with Crippen molar-refractivity contribution in [2.24, 2.45) is 0 Å². The SMILES string of the molecule is CCOC(=O)C1=C(CSc2nnc(-c3ccccc3)s2)Nc2nnnn2C1c1ccc(OCc2ccc(C)cc2)cc1. The Hall–Kier alpha value is -4.55. The van der Waals surface area contributed by atoms with Gasteiger partial charge in [-0.2, -0.15) is 4.68 Å². The molecule has 6 rings (SSSR count). The average molecular weight is 598 g/mol. The van der Waals surface area contributed by atoms with Crippen molar-refractivity contribution in [1.82, 2.24) is 30.4 Å². The Balaban J connectivity index is 1.26. The van der Waals surface area contributed by atoms with E-state index in [4.69, 9.17) is 9.47 Å². The van der Waals surface area contributed by atoms with Gasteiger partial charge in [-0.05, 0) is 47.5 Å². The molecule has 0 amide bonds. The molecular formula is C30H27N7O3S2. The number of fused-ring (bicyclic) bond motifs is 1. The monoisotopic (exact) mass is 597 g/mol. The second kappa shape index (κ2) is 12.5. The summed E-state index contributed by atoms with van der Waals surface area (Å²) in [4.78, 5) is 13.4. The number of aromatic nitrogens is 6. The summed E-state index contributed by atoms with van der Waals surface area (Å²) in [7, 11) is 0.